The van der Waals surface area contributed by atoms with Gasteiger partial charge in [-0.05, 0) is 25.1 Å². The Hall–Kier alpha value is -3.54. The predicted octanol–water partition coefficient (Wildman–Crippen LogP) is 4.51. The van der Waals surface area contributed by atoms with E-state index in [-0.39, 0.29) is 12.5 Å². The van der Waals surface area contributed by atoms with Gasteiger partial charge in [-0.25, -0.2) is 9.78 Å². The summed E-state index contributed by atoms with van der Waals surface area (Å²) in [5, 5.41) is 4.57. The van der Waals surface area contributed by atoms with Gasteiger partial charge in [0, 0.05) is 17.4 Å². The summed E-state index contributed by atoms with van der Waals surface area (Å²) in [6.45, 7) is 3.84. The summed E-state index contributed by atoms with van der Waals surface area (Å²) in [5.41, 5.74) is 3.89. The molecule has 0 radical (unpaired) electrons. The highest BCUT2D eigenvalue weighted by Crippen LogP contribution is 2.26. The first-order valence-electron chi connectivity index (χ1n) is 9.09. The molecular weight excluding hydrogens is 354 g/mol. The monoisotopic (exact) mass is 373 g/mol. The van der Waals surface area contributed by atoms with Crippen molar-refractivity contribution in [1.29, 1.82) is 0 Å². The quantitative estimate of drug-likeness (QED) is 0.479. The van der Waals surface area contributed by atoms with E-state index in [1.54, 1.807) is 6.07 Å². The van der Waals surface area contributed by atoms with Gasteiger partial charge in [-0.3, -0.25) is 0 Å². The predicted molar refractivity (Wildman–Crippen MR) is 105 cm³/mol. The fourth-order valence-corrected chi connectivity index (χ4v) is 2.96. The van der Waals surface area contributed by atoms with E-state index in [0.717, 1.165) is 27.7 Å². The van der Waals surface area contributed by atoms with Crippen LogP contribution < -0.4 is 0 Å². The molecule has 0 atom stereocenters. The van der Waals surface area contributed by atoms with Gasteiger partial charge < -0.3 is 9.26 Å². The topological polar surface area (TPSA) is 78.1 Å². The number of fused-ring (bicyclic) bond motifs is 1. The van der Waals surface area contributed by atoms with Gasteiger partial charge in [0.1, 0.15) is 0 Å². The van der Waals surface area contributed by atoms with Crippen molar-refractivity contribution in [1.82, 2.24) is 15.1 Å². The van der Waals surface area contributed by atoms with Crippen LogP contribution >= 0.6 is 0 Å². The van der Waals surface area contributed by atoms with E-state index in [0.29, 0.717) is 17.8 Å². The van der Waals surface area contributed by atoms with E-state index in [1.165, 1.54) is 0 Å². The zero-order valence-electron chi connectivity index (χ0n) is 15.7. The molecule has 0 unspecified atom stereocenters. The summed E-state index contributed by atoms with van der Waals surface area (Å²) < 4.78 is 10.5. The van der Waals surface area contributed by atoms with Crippen LogP contribution in [0.2, 0.25) is 0 Å². The van der Waals surface area contributed by atoms with Crippen molar-refractivity contribution in [3.05, 3.63) is 77.4 Å². The van der Waals surface area contributed by atoms with Gasteiger partial charge >= 0.3 is 5.97 Å². The Kier molecular flexibility index (Phi) is 4.85. The number of carbonyl (C=O) groups is 1. The van der Waals surface area contributed by atoms with Crippen LogP contribution in [-0.2, 0) is 17.8 Å². The van der Waals surface area contributed by atoms with Crippen molar-refractivity contribution in [2.75, 3.05) is 0 Å². The molecule has 2 heterocycles. The largest absolute Gasteiger partial charge is 0.452 e. The second-order valence-corrected chi connectivity index (χ2v) is 6.48. The van der Waals surface area contributed by atoms with Crippen LogP contribution in [0.25, 0.3) is 22.2 Å². The molecule has 0 aliphatic heterocycles. The number of ether oxygens (including phenoxy) is 1. The maximum atomic E-state index is 12.9. The molecule has 2 aromatic carbocycles. The molecule has 0 aliphatic rings. The summed E-state index contributed by atoms with van der Waals surface area (Å²) in [5.74, 6) is 0.414. The van der Waals surface area contributed by atoms with Gasteiger partial charge in [-0.15, -0.1) is 0 Å². The lowest BCUT2D eigenvalue weighted by Gasteiger charge is -2.10. The molecule has 0 aliphatic carbocycles. The number of nitrogens with zero attached hydrogens (tertiary/aromatic N) is 3. The number of benzene rings is 2. The SMILES string of the molecule is CCc1noc(COC(=O)c2cc(-c3ccccc3)nc3ccc(C)cc23)n1. The maximum Gasteiger partial charge on any atom is 0.339 e. The number of aryl methyl sites for hydroxylation is 2. The van der Waals surface area contributed by atoms with Crippen molar-refractivity contribution in [2.45, 2.75) is 26.9 Å². The highest BCUT2D eigenvalue weighted by Gasteiger charge is 2.17. The maximum absolute atomic E-state index is 12.9. The van der Waals surface area contributed by atoms with E-state index < -0.39 is 5.97 Å². The number of esters is 1. The van der Waals surface area contributed by atoms with Crippen LogP contribution in [-0.4, -0.2) is 21.1 Å². The Morgan fingerprint density at radius 3 is 2.64 bits per heavy atom. The Morgan fingerprint density at radius 1 is 1.07 bits per heavy atom. The van der Waals surface area contributed by atoms with Crippen molar-refractivity contribution < 1.29 is 14.1 Å². The molecule has 0 saturated carbocycles. The van der Waals surface area contributed by atoms with Crippen molar-refractivity contribution in [2.24, 2.45) is 0 Å². The third kappa shape index (κ3) is 3.62. The minimum Gasteiger partial charge on any atom is -0.452 e. The second-order valence-electron chi connectivity index (χ2n) is 6.48. The molecule has 4 rings (SSSR count). The minimum atomic E-state index is -0.452. The lowest BCUT2D eigenvalue weighted by molar-refractivity contribution is 0.0432. The number of rotatable bonds is 5. The minimum absolute atomic E-state index is 0.0673. The lowest BCUT2D eigenvalue weighted by atomic mass is 10.0. The van der Waals surface area contributed by atoms with E-state index in [2.05, 4.69) is 10.1 Å². The molecule has 4 aromatic rings. The lowest BCUT2D eigenvalue weighted by Crippen LogP contribution is -2.07. The zero-order chi connectivity index (χ0) is 19.5. The molecule has 6 heteroatoms. The molecule has 0 fully saturated rings. The van der Waals surface area contributed by atoms with Crippen LogP contribution in [0.3, 0.4) is 0 Å². The van der Waals surface area contributed by atoms with Crippen LogP contribution in [0.15, 0.2) is 59.1 Å². The van der Waals surface area contributed by atoms with Crippen LogP contribution in [0.5, 0.6) is 0 Å². The fourth-order valence-electron chi connectivity index (χ4n) is 2.96. The highest BCUT2D eigenvalue weighted by atomic mass is 16.6. The van der Waals surface area contributed by atoms with Gasteiger partial charge in [0.2, 0.25) is 0 Å². The third-order valence-electron chi connectivity index (χ3n) is 4.41. The number of pyridine rings is 1. The molecule has 2 aromatic heterocycles. The smallest absolute Gasteiger partial charge is 0.339 e. The van der Waals surface area contributed by atoms with E-state index in [9.17, 15) is 4.79 Å². The summed E-state index contributed by atoms with van der Waals surface area (Å²) in [7, 11) is 0. The average Bonchev–Trinajstić information content (AvgIpc) is 3.20. The van der Waals surface area contributed by atoms with Gasteiger partial charge in [0.25, 0.3) is 5.89 Å². The molecule has 0 N–H and O–H groups in total. The number of hydrogen-bond acceptors (Lipinski definition) is 6. The summed E-state index contributed by atoms with van der Waals surface area (Å²) in [6, 6.07) is 17.3. The Bertz CT molecular complexity index is 1140. The van der Waals surface area contributed by atoms with Gasteiger partial charge in [0.05, 0.1) is 16.8 Å². The number of aromatic nitrogens is 3. The molecule has 0 saturated heterocycles. The van der Waals surface area contributed by atoms with Crippen LogP contribution in [0, 0.1) is 6.92 Å². The van der Waals surface area contributed by atoms with Crippen LogP contribution in [0.1, 0.15) is 34.6 Å². The first kappa shape index (κ1) is 17.9. The van der Waals surface area contributed by atoms with Gasteiger partial charge in [0.15, 0.2) is 12.4 Å². The molecule has 0 amide bonds. The number of carbonyl (C=O) groups excluding carboxylic acids is 1. The molecule has 0 spiro atoms. The Balaban J connectivity index is 1.71. The summed E-state index contributed by atoms with van der Waals surface area (Å²) in [6.07, 6.45) is 0.659. The first-order chi connectivity index (χ1) is 13.6. The van der Waals surface area contributed by atoms with Crippen LogP contribution in [0.4, 0.5) is 0 Å². The van der Waals surface area contributed by atoms with Gasteiger partial charge in [-0.2, -0.15) is 4.98 Å². The normalized spacial score (nSPS) is 10.9. The Labute approximate surface area is 162 Å². The van der Waals surface area contributed by atoms with Gasteiger partial charge in [-0.1, -0.05) is 54.0 Å². The van der Waals surface area contributed by atoms with E-state index in [4.69, 9.17) is 14.2 Å². The molecular formula is C22H19N3O3. The standard InChI is InChI=1S/C22H19N3O3/c1-3-20-24-21(28-25-20)13-27-22(26)17-12-19(15-7-5-4-6-8-15)23-18-10-9-14(2)11-16(17)18/h4-12H,3,13H2,1-2H3. The molecule has 140 valence electrons. The summed E-state index contributed by atoms with van der Waals surface area (Å²) >= 11 is 0. The zero-order valence-corrected chi connectivity index (χ0v) is 15.7. The van der Waals surface area contributed by atoms with E-state index in [1.807, 2.05) is 62.4 Å². The Morgan fingerprint density at radius 2 is 1.89 bits per heavy atom. The highest BCUT2D eigenvalue weighted by molar-refractivity contribution is 6.04. The van der Waals surface area contributed by atoms with Crippen molar-refractivity contribution in [3.8, 4) is 11.3 Å². The molecule has 28 heavy (non-hydrogen) atoms. The molecule has 0 bridgehead atoms. The van der Waals surface area contributed by atoms with E-state index >= 15 is 0 Å². The van der Waals surface area contributed by atoms with Crippen molar-refractivity contribution >= 4 is 16.9 Å². The first-order valence-corrected chi connectivity index (χ1v) is 9.09. The van der Waals surface area contributed by atoms with Crippen molar-refractivity contribution in [3.63, 3.8) is 0 Å². The fraction of sp³-hybridized carbons (Fsp3) is 0.182. The molecule has 6 nitrogen and oxygen atoms in total. The number of hydrogen-bond donors (Lipinski definition) is 0. The second kappa shape index (κ2) is 7.60. The summed E-state index contributed by atoms with van der Waals surface area (Å²) in [4.78, 5) is 21.7. The third-order valence-corrected chi connectivity index (χ3v) is 4.41. The average molecular weight is 373 g/mol.